The van der Waals surface area contributed by atoms with Crippen molar-refractivity contribution >= 4 is 0 Å². The number of allylic oxidation sites excluding steroid dienone is 2. The monoisotopic (exact) mass is 289 g/mol. The molecule has 0 N–H and O–H groups in total. The van der Waals surface area contributed by atoms with Crippen molar-refractivity contribution in [3.8, 4) is 0 Å². The van der Waals surface area contributed by atoms with Gasteiger partial charge in [0, 0.05) is 12.5 Å². The summed E-state index contributed by atoms with van der Waals surface area (Å²) < 4.78 is 5.69. The molecule has 2 nitrogen and oxygen atoms in total. The van der Waals surface area contributed by atoms with Gasteiger partial charge in [-0.15, -0.1) is 0 Å². The maximum Gasteiger partial charge on any atom is 0.0921 e. The first-order valence-electron chi connectivity index (χ1n) is 9.07. The van der Waals surface area contributed by atoms with Crippen LogP contribution in [0, 0.1) is 22.7 Å². The van der Waals surface area contributed by atoms with Crippen molar-refractivity contribution in [3.05, 3.63) is 11.8 Å². The summed E-state index contributed by atoms with van der Waals surface area (Å²) in [6, 6.07) is 0.856. The third-order valence-electron chi connectivity index (χ3n) is 7.95. The topological polar surface area (TPSA) is 12.5 Å². The minimum Gasteiger partial charge on any atom is -0.501 e. The molecule has 1 aliphatic heterocycles. The zero-order valence-corrected chi connectivity index (χ0v) is 14.0. The van der Waals surface area contributed by atoms with Crippen molar-refractivity contribution in [2.45, 2.75) is 64.3 Å². The van der Waals surface area contributed by atoms with Gasteiger partial charge >= 0.3 is 0 Å². The van der Waals surface area contributed by atoms with Crippen LogP contribution < -0.4 is 0 Å². The number of fused-ring (bicyclic) bond motifs is 1. The average molecular weight is 289 g/mol. The van der Waals surface area contributed by atoms with Gasteiger partial charge in [-0.3, -0.25) is 0 Å². The lowest BCUT2D eigenvalue weighted by Gasteiger charge is -2.68. The molecule has 4 rings (SSSR count). The van der Waals surface area contributed by atoms with Crippen LogP contribution in [0.15, 0.2) is 11.8 Å². The van der Waals surface area contributed by atoms with Crippen LogP contribution in [0.4, 0.5) is 0 Å². The molecule has 118 valence electrons. The Morgan fingerprint density at radius 1 is 1.24 bits per heavy atom. The molecule has 2 bridgehead atoms. The quantitative estimate of drug-likeness (QED) is 0.716. The molecule has 3 unspecified atom stereocenters. The molecular weight excluding hydrogens is 258 g/mol. The van der Waals surface area contributed by atoms with Gasteiger partial charge in [-0.05, 0) is 74.4 Å². The van der Waals surface area contributed by atoms with E-state index in [2.05, 4.69) is 24.9 Å². The first kappa shape index (κ1) is 14.1. The van der Waals surface area contributed by atoms with Crippen molar-refractivity contribution in [1.82, 2.24) is 4.90 Å². The zero-order chi connectivity index (χ0) is 14.7. The third kappa shape index (κ3) is 1.75. The SMILES string of the molecule is COC1=CC2(C)C(CC1)C[C@H]1C3CCCC[C@]32CCN1C. The minimum absolute atomic E-state index is 0.388. The molecule has 0 spiro atoms. The Morgan fingerprint density at radius 2 is 2.10 bits per heavy atom. The van der Waals surface area contributed by atoms with E-state index < -0.39 is 0 Å². The fourth-order valence-electron chi connectivity index (χ4n) is 6.77. The predicted octanol–water partition coefficient (Wildman–Crippen LogP) is 4.22. The van der Waals surface area contributed by atoms with Crippen molar-refractivity contribution in [3.63, 3.8) is 0 Å². The summed E-state index contributed by atoms with van der Waals surface area (Å²) in [5, 5.41) is 0. The van der Waals surface area contributed by atoms with E-state index in [-0.39, 0.29) is 0 Å². The number of ether oxygens (including phenoxy) is 1. The molecule has 2 heteroatoms. The van der Waals surface area contributed by atoms with Crippen LogP contribution >= 0.6 is 0 Å². The molecule has 5 atom stereocenters. The van der Waals surface area contributed by atoms with Gasteiger partial charge in [0.15, 0.2) is 0 Å². The fourth-order valence-corrected chi connectivity index (χ4v) is 6.77. The van der Waals surface area contributed by atoms with Crippen LogP contribution in [-0.4, -0.2) is 31.6 Å². The van der Waals surface area contributed by atoms with E-state index in [9.17, 15) is 0 Å². The normalized spacial score (nSPS) is 49.9. The Kier molecular flexibility index (Phi) is 3.19. The third-order valence-corrected chi connectivity index (χ3v) is 7.95. The van der Waals surface area contributed by atoms with Crippen LogP contribution in [0.5, 0.6) is 0 Å². The number of nitrogens with zero attached hydrogens (tertiary/aromatic N) is 1. The summed E-state index contributed by atoms with van der Waals surface area (Å²) in [4.78, 5) is 2.70. The smallest absolute Gasteiger partial charge is 0.0921 e. The van der Waals surface area contributed by atoms with E-state index in [0.717, 1.165) is 24.3 Å². The number of piperidine rings is 1. The summed E-state index contributed by atoms with van der Waals surface area (Å²) in [7, 11) is 4.25. The Balaban J connectivity index is 1.82. The van der Waals surface area contributed by atoms with E-state index in [1.165, 1.54) is 57.2 Å². The largest absolute Gasteiger partial charge is 0.501 e. The standard InChI is InChI=1S/C19H31NO/c1-18-13-15(21-3)8-7-14(18)12-17-16-6-4-5-9-19(16,18)10-11-20(17)2/h13-14,16-17H,4-12H2,1-3H3/t14?,16?,17-,18?,19-/m0/s1. The number of rotatable bonds is 1. The minimum atomic E-state index is 0.388. The summed E-state index contributed by atoms with van der Waals surface area (Å²) >= 11 is 0. The second-order valence-corrected chi connectivity index (χ2v) is 8.38. The number of hydrogen-bond acceptors (Lipinski definition) is 2. The Morgan fingerprint density at radius 3 is 2.90 bits per heavy atom. The number of hydrogen-bond donors (Lipinski definition) is 0. The Labute approximate surface area is 129 Å². The fraction of sp³-hybridized carbons (Fsp3) is 0.895. The van der Waals surface area contributed by atoms with E-state index in [1.54, 1.807) is 0 Å². The summed E-state index contributed by atoms with van der Waals surface area (Å²) in [6.07, 6.45) is 13.8. The van der Waals surface area contributed by atoms with Crippen molar-refractivity contribution in [2.75, 3.05) is 20.7 Å². The summed E-state index contributed by atoms with van der Waals surface area (Å²) in [5.41, 5.74) is 0.953. The molecule has 2 saturated carbocycles. The van der Waals surface area contributed by atoms with Gasteiger partial charge in [0.25, 0.3) is 0 Å². The second-order valence-electron chi connectivity index (χ2n) is 8.38. The van der Waals surface area contributed by atoms with Crippen molar-refractivity contribution in [1.29, 1.82) is 0 Å². The highest BCUT2D eigenvalue weighted by Gasteiger charge is 2.63. The van der Waals surface area contributed by atoms with Gasteiger partial charge in [0.2, 0.25) is 0 Å². The van der Waals surface area contributed by atoms with Crippen LogP contribution in [0.3, 0.4) is 0 Å². The van der Waals surface area contributed by atoms with Crippen LogP contribution in [0.1, 0.15) is 58.3 Å². The lowest BCUT2D eigenvalue weighted by Crippen LogP contribution is -2.66. The van der Waals surface area contributed by atoms with Gasteiger partial charge < -0.3 is 9.64 Å². The molecule has 0 aromatic carbocycles. The highest BCUT2D eigenvalue weighted by atomic mass is 16.5. The number of methoxy groups -OCH3 is 1. The summed E-state index contributed by atoms with van der Waals surface area (Å²) in [6.45, 7) is 3.90. The van der Waals surface area contributed by atoms with Crippen molar-refractivity contribution in [2.24, 2.45) is 22.7 Å². The maximum atomic E-state index is 5.69. The zero-order valence-electron chi connectivity index (χ0n) is 14.0. The van der Waals surface area contributed by atoms with E-state index in [1.807, 2.05) is 7.11 Å². The van der Waals surface area contributed by atoms with E-state index >= 15 is 0 Å². The van der Waals surface area contributed by atoms with Gasteiger partial charge in [0.1, 0.15) is 0 Å². The lowest BCUT2D eigenvalue weighted by molar-refractivity contribution is -0.170. The second kappa shape index (κ2) is 4.75. The molecule has 0 amide bonds. The van der Waals surface area contributed by atoms with Crippen LogP contribution in [0.2, 0.25) is 0 Å². The molecule has 1 saturated heterocycles. The average Bonchev–Trinajstić information content (AvgIpc) is 2.51. The molecule has 4 aliphatic rings. The summed E-state index contributed by atoms with van der Waals surface area (Å²) in [5.74, 6) is 3.07. The molecule has 1 heterocycles. The molecule has 0 aromatic rings. The molecule has 21 heavy (non-hydrogen) atoms. The molecule has 3 fully saturated rings. The van der Waals surface area contributed by atoms with Gasteiger partial charge in [-0.25, -0.2) is 0 Å². The first-order chi connectivity index (χ1) is 10.1. The first-order valence-corrected chi connectivity index (χ1v) is 9.07. The van der Waals surface area contributed by atoms with Gasteiger partial charge in [0.05, 0.1) is 12.9 Å². The molecule has 0 radical (unpaired) electrons. The molecule has 0 aromatic heterocycles. The van der Waals surface area contributed by atoms with E-state index in [4.69, 9.17) is 4.74 Å². The van der Waals surface area contributed by atoms with Crippen LogP contribution in [-0.2, 0) is 4.74 Å². The van der Waals surface area contributed by atoms with Gasteiger partial charge in [-0.1, -0.05) is 19.8 Å². The Bertz CT molecular complexity index is 458. The highest BCUT2D eigenvalue weighted by molar-refractivity contribution is 5.23. The van der Waals surface area contributed by atoms with Gasteiger partial charge in [-0.2, -0.15) is 0 Å². The lowest BCUT2D eigenvalue weighted by atomic mass is 9.40. The van der Waals surface area contributed by atoms with Crippen molar-refractivity contribution < 1.29 is 4.74 Å². The van der Waals surface area contributed by atoms with E-state index in [0.29, 0.717) is 10.8 Å². The molecule has 3 aliphatic carbocycles. The highest BCUT2D eigenvalue weighted by Crippen LogP contribution is 2.68. The number of likely N-dealkylation sites (tertiary alicyclic amines) is 1. The van der Waals surface area contributed by atoms with Crippen LogP contribution in [0.25, 0.3) is 0 Å². The Hall–Kier alpha value is -0.500. The maximum absolute atomic E-state index is 5.69. The molecular formula is C19H31NO. The predicted molar refractivity (Wildman–Crippen MR) is 86.0 cm³/mol.